The Morgan fingerprint density at radius 3 is 2.55 bits per heavy atom. The number of nitrogens with zero attached hydrogens (tertiary/aromatic N) is 1. The van der Waals surface area contributed by atoms with Gasteiger partial charge in [0.15, 0.2) is 0 Å². The number of carbonyl (C=O) groups excluding carboxylic acids is 2. The highest BCUT2D eigenvalue weighted by atomic mass is 16.6. The van der Waals surface area contributed by atoms with E-state index in [9.17, 15) is 9.59 Å². The molecule has 6 heteroatoms. The van der Waals surface area contributed by atoms with Crippen molar-refractivity contribution < 1.29 is 14.3 Å². The zero-order valence-corrected chi connectivity index (χ0v) is 12.4. The molecule has 3 aliphatic rings. The van der Waals surface area contributed by atoms with Crippen LogP contribution in [0.2, 0.25) is 0 Å². The maximum absolute atomic E-state index is 12.2. The fourth-order valence-electron chi connectivity index (χ4n) is 3.77. The molecule has 2 spiro atoms. The molecule has 112 valence electrons. The van der Waals surface area contributed by atoms with Crippen LogP contribution in [0.25, 0.3) is 0 Å². The van der Waals surface area contributed by atoms with E-state index in [1.54, 1.807) is 4.90 Å². The van der Waals surface area contributed by atoms with Gasteiger partial charge in [-0.3, -0.25) is 4.79 Å². The SMILES string of the molecule is CC(C)(C)OC(=O)N1CC2(CNC[C@@]23CCNC3=O)C1. The minimum Gasteiger partial charge on any atom is -0.444 e. The molecule has 0 bridgehead atoms. The Hall–Kier alpha value is -1.30. The van der Waals surface area contributed by atoms with E-state index in [4.69, 9.17) is 4.74 Å². The van der Waals surface area contributed by atoms with E-state index >= 15 is 0 Å². The van der Waals surface area contributed by atoms with Crippen molar-refractivity contribution in [1.82, 2.24) is 15.5 Å². The van der Waals surface area contributed by atoms with Gasteiger partial charge in [-0.1, -0.05) is 0 Å². The molecular formula is C14H23N3O3. The Labute approximate surface area is 119 Å². The second-order valence-corrected chi connectivity index (χ2v) is 7.31. The largest absolute Gasteiger partial charge is 0.444 e. The summed E-state index contributed by atoms with van der Waals surface area (Å²) >= 11 is 0. The number of ether oxygens (including phenoxy) is 1. The molecular weight excluding hydrogens is 258 g/mol. The lowest BCUT2D eigenvalue weighted by Gasteiger charge is -2.53. The lowest BCUT2D eigenvalue weighted by Crippen LogP contribution is -2.67. The van der Waals surface area contributed by atoms with E-state index in [1.807, 2.05) is 20.8 Å². The van der Waals surface area contributed by atoms with E-state index in [2.05, 4.69) is 10.6 Å². The molecule has 3 rings (SSSR count). The third-order valence-electron chi connectivity index (χ3n) is 4.82. The van der Waals surface area contributed by atoms with Crippen molar-refractivity contribution in [2.45, 2.75) is 32.8 Å². The Kier molecular flexibility index (Phi) is 2.80. The summed E-state index contributed by atoms with van der Waals surface area (Å²) in [5, 5.41) is 6.29. The highest BCUT2D eigenvalue weighted by Crippen LogP contribution is 2.53. The van der Waals surface area contributed by atoms with Crippen LogP contribution >= 0.6 is 0 Å². The number of fused-ring (bicyclic) bond motifs is 1. The number of likely N-dealkylation sites (tertiary alicyclic amines) is 1. The maximum atomic E-state index is 12.2. The molecule has 0 unspecified atom stereocenters. The molecule has 20 heavy (non-hydrogen) atoms. The summed E-state index contributed by atoms with van der Waals surface area (Å²) in [5.41, 5.74) is -0.911. The second-order valence-electron chi connectivity index (χ2n) is 7.31. The van der Waals surface area contributed by atoms with Crippen LogP contribution < -0.4 is 10.6 Å². The molecule has 0 radical (unpaired) electrons. The van der Waals surface area contributed by atoms with Crippen LogP contribution in [-0.4, -0.2) is 55.2 Å². The van der Waals surface area contributed by atoms with E-state index in [0.29, 0.717) is 13.1 Å². The third-order valence-corrected chi connectivity index (χ3v) is 4.82. The predicted molar refractivity (Wildman–Crippen MR) is 73.2 cm³/mol. The number of carbonyl (C=O) groups is 2. The minimum atomic E-state index is -0.476. The summed E-state index contributed by atoms with van der Waals surface area (Å²) < 4.78 is 5.39. The molecule has 0 aromatic carbocycles. The zero-order chi connectivity index (χ0) is 14.6. The topological polar surface area (TPSA) is 70.7 Å². The first-order valence-electron chi connectivity index (χ1n) is 7.25. The Balaban J connectivity index is 1.69. The van der Waals surface area contributed by atoms with E-state index < -0.39 is 5.60 Å². The molecule has 0 aromatic rings. The third kappa shape index (κ3) is 1.81. The summed E-state index contributed by atoms with van der Waals surface area (Å²) in [4.78, 5) is 26.0. The fraction of sp³-hybridized carbons (Fsp3) is 0.857. The smallest absolute Gasteiger partial charge is 0.410 e. The quantitative estimate of drug-likeness (QED) is 0.671. The molecule has 0 aliphatic carbocycles. The van der Waals surface area contributed by atoms with Crippen LogP contribution in [0.5, 0.6) is 0 Å². The van der Waals surface area contributed by atoms with Crippen molar-refractivity contribution in [3.8, 4) is 0 Å². The number of hydrogen-bond donors (Lipinski definition) is 2. The van der Waals surface area contributed by atoms with Gasteiger partial charge in [0, 0.05) is 38.1 Å². The summed E-state index contributed by atoms with van der Waals surface area (Å²) in [6, 6.07) is 0. The fourth-order valence-corrected chi connectivity index (χ4v) is 3.77. The van der Waals surface area contributed by atoms with Crippen molar-refractivity contribution in [2.75, 3.05) is 32.7 Å². The van der Waals surface area contributed by atoms with Crippen LogP contribution in [0, 0.1) is 10.8 Å². The maximum Gasteiger partial charge on any atom is 0.410 e. The first-order chi connectivity index (χ1) is 9.28. The van der Waals surface area contributed by atoms with Gasteiger partial charge in [0.05, 0.1) is 5.41 Å². The normalized spacial score (nSPS) is 31.6. The van der Waals surface area contributed by atoms with Crippen molar-refractivity contribution in [1.29, 1.82) is 0 Å². The van der Waals surface area contributed by atoms with Crippen LogP contribution in [-0.2, 0) is 9.53 Å². The van der Waals surface area contributed by atoms with Crippen molar-refractivity contribution in [3.63, 3.8) is 0 Å². The van der Waals surface area contributed by atoms with Gasteiger partial charge in [0.2, 0.25) is 5.91 Å². The van der Waals surface area contributed by atoms with Gasteiger partial charge in [-0.25, -0.2) is 4.79 Å². The summed E-state index contributed by atoms with van der Waals surface area (Å²) in [7, 11) is 0. The van der Waals surface area contributed by atoms with Crippen LogP contribution in [0.1, 0.15) is 27.2 Å². The molecule has 3 heterocycles. The molecule has 2 amide bonds. The molecule has 0 aromatic heterocycles. The first kappa shape index (κ1) is 13.7. The molecule has 0 saturated carbocycles. The minimum absolute atomic E-state index is 0.107. The molecule has 6 nitrogen and oxygen atoms in total. The first-order valence-corrected chi connectivity index (χ1v) is 7.25. The van der Waals surface area contributed by atoms with Crippen LogP contribution in [0.15, 0.2) is 0 Å². The van der Waals surface area contributed by atoms with Gasteiger partial charge < -0.3 is 20.3 Å². The zero-order valence-electron chi connectivity index (χ0n) is 12.4. The second kappa shape index (κ2) is 4.10. The average Bonchev–Trinajstić information content (AvgIpc) is 2.81. The summed E-state index contributed by atoms with van der Waals surface area (Å²) in [5.74, 6) is 0.145. The van der Waals surface area contributed by atoms with E-state index in [1.165, 1.54) is 0 Å². The molecule has 1 atom stereocenters. The van der Waals surface area contributed by atoms with Crippen LogP contribution in [0.3, 0.4) is 0 Å². The number of rotatable bonds is 0. The summed E-state index contributed by atoms with van der Waals surface area (Å²) in [6.45, 7) is 9.09. The highest BCUT2D eigenvalue weighted by molar-refractivity contribution is 5.87. The van der Waals surface area contributed by atoms with Gasteiger partial charge in [0.1, 0.15) is 5.60 Å². The van der Waals surface area contributed by atoms with Crippen molar-refractivity contribution >= 4 is 12.0 Å². The van der Waals surface area contributed by atoms with Crippen LogP contribution in [0.4, 0.5) is 4.79 Å². The number of nitrogens with one attached hydrogen (secondary N) is 2. The van der Waals surface area contributed by atoms with Gasteiger partial charge in [-0.15, -0.1) is 0 Å². The van der Waals surface area contributed by atoms with Gasteiger partial charge in [-0.05, 0) is 27.2 Å². The molecule has 3 fully saturated rings. The van der Waals surface area contributed by atoms with Gasteiger partial charge >= 0.3 is 6.09 Å². The Morgan fingerprint density at radius 1 is 1.30 bits per heavy atom. The lowest BCUT2D eigenvalue weighted by atomic mass is 9.60. The Bertz CT molecular complexity index is 447. The molecule has 3 saturated heterocycles. The van der Waals surface area contributed by atoms with E-state index in [0.717, 1.165) is 26.1 Å². The summed E-state index contributed by atoms with van der Waals surface area (Å²) in [6.07, 6.45) is 0.588. The average molecular weight is 281 g/mol. The van der Waals surface area contributed by atoms with E-state index in [-0.39, 0.29) is 22.8 Å². The standard InChI is InChI=1S/C14H23N3O3/c1-12(2,3)20-11(19)17-8-13(9-17)6-15-7-14(13)4-5-16-10(14)18/h15H,4-9H2,1-3H3,(H,16,18)/t14-/m1/s1. The number of amides is 2. The lowest BCUT2D eigenvalue weighted by molar-refractivity contribution is -0.140. The monoisotopic (exact) mass is 281 g/mol. The Morgan fingerprint density at radius 2 is 2.00 bits per heavy atom. The van der Waals surface area contributed by atoms with Crippen molar-refractivity contribution in [3.05, 3.63) is 0 Å². The van der Waals surface area contributed by atoms with Crippen molar-refractivity contribution in [2.24, 2.45) is 10.8 Å². The van der Waals surface area contributed by atoms with Gasteiger partial charge in [0.25, 0.3) is 0 Å². The molecule has 2 N–H and O–H groups in total. The molecule has 3 aliphatic heterocycles. The van der Waals surface area contributed by atoms with Gasteiger partial charge in [-0.2, -0.15) is 0 Å². The predicted octanol–water partition coefficient (Wildman–Crippen LogP) is 0.333. The number of hydrogen-bond acceptors (Lipinski definition) is 4. The highest BCUT2D eigenvalue weighted by Gasteiger charge is 2.66.